The maximum absolute atomic E-state index is 12.5. The fraction of sp³-hybridized carbons (Fsp3) is 0.182. The molecule has 6 nitrogen and oxygen atoms in total. The van der Waals surface area contributed by atoms with Gasteiger partial charge in [-0.2, -0.15) is 0 Å². The average Bonchev–Trinajstić information content (AvgIpc) is 2.73. The van der Waals surface area contributed by atoms with E-state index in [1.165, 1.54) is 0 Å². The van der Waals surface area contributed by atoms with E-state index in [0.29, 0.717) is 29.3 Å². The van der Waals surface area contributed by atoms with Crippen LogP contribution in [0.1, 0.15) is 21.5 Å². The number of hydrogen-bond acceptors (Lipinski definition) is 5. The van der Waals surface area contributed by atoms with Crippen LogP contribution in [0, 0.1) is 6.92 Å². The van der Waals surface area contributed by atoms with Gasteiger partial charge in [-0.25, -0.2) is 0 Å². The van der Waals surface area contributed by atoms with E-state index in [0.717, 1.165) is 16.8 Å². The van der Waals surface area contributed by atoms with Gasteiger partial charge in [0.1, 0.15) is 0 Å². The Balaban J connectivity index is 1.70. The molecular weight excluding hydrogens is 354 g/mol. The Bertz CT molecular complexity index is 973. The zero-order chi connectivity index (χ0) is 19.9. The molecule has 0 saturated carbocycles. The molecule has 0 radical (unpaired) electrons. The molecule has 0 atom stereocenters. The first-order valence-electron chi connectivity index (χ1n) is 8.87. The van der Waals surface area contributed by atoms with Crippen molar-refractivity contribution in [2.24, 2.45) is 0 Å². The summed E-state index contributed by atoms with van der Waals surface area (Å²) in [6.07, 6.45) is 3.21. The van der Waals surface area contributed by atoms with E-state index in [9.17, 15) is 4.79 Å². The molecule has 0 aliphatic heterocycles. The van der Waals surface area contributed by atoms with E-state index >= 15 is 0 Å². The molecule has 0 unspecified atom stereocenters. The van der Waals surface area contributed by atoms with E-state index in [4.69, 9.17) is 9.47 Å². The molecule has 0 spiro atoms. The molecule has 0 aliphatic rings. The Labute approximate surface area is 164 Å². The van der Waals surface area contributed by atoms with Gasteiger partial charge in [-0.3, -0.25) is 9.78 Å². The van der Waals surface area contributed by atoms with Gasteiger partial charge in [0, 0.05) is 24.5 Å². The number of carbonyl (C=O) groups is 1. The number of amides is 1. The highest BCUT2D eigenvalue weighted by Crippen LogP contribution is 2.31. The number of anilines is 2. The van der Waals surface area contributed by atoms with Crippen LogP contribution in [0.5, 0.6) is 11.5 Å². The van der Waals surface area contributed by atoms with E-state index in [-0.39, 0.29) is 5.91 Å². The summed E-state index contributed by atoms with van der Waals surface area (Å²) in [6, 6.07) is 15.2. The fourth-order valence-corrected chi connectivity index (χ4v) is 2.80. The van der Waals surface area contributed by atoms with Crippen molar-refractivity contribution in [3.05, 3.63) is 77.6 Å². The molecule has 1 amide bonds. The van der Waals surface area contributed by atoms with Crippen LogP contribution in [-0.4, -0.2) is 25.1 Å². The van der Waals surface area contributed by atoms with Gasteiger partial charge < -0.3 is 20.1 Å². The van der Waals surface area contributed by atoms with E-state index < -0.39 is 0 Å². The minimum absolute atomic E-state index is 0.174. The molecule has 28 heavy (non-hydrogen) atoms. The number of methoxy groups -OCH3 is 2. The number of carbonyl (C=O) groups excluding carboxylic acids is 1. The molecule has 2 aromatic carbocycles. The number of ether oxygens (including phenoxy) is 2. The summed E-state index contributed by atoms with van der Waals surface area (Å²) < 4.78 is 10.6. The fourth-order valence-electron chi connectivity index (χ4n) is 2.80. The van der Waals surface area contributed by atoms with Gasteiger partial charge in [-0.05, 0) is 36.2 Å². The molecule has 2 N–H and O–H groups in total. The third kappa shape index (κ3) is 4.59. The van der Waals surface area contributed by atoms with Gasteiger partial charge in [-0.1, -0.05) is 24.3 Å². The molecule has 1 heterocycles. The standard InChI is InChI=1S/C22H23N3O3/c1-15-6-4-5-7-16(15)13-24-22(26)17-10-19(14-23-12-17)25-18-8-9-20(27-2)21(11-18)28-3/h4-12,14,25H,13H2,1-3H3,(H,24,26). The SMILES string of the molecule is COc1ccc(Nc2cncc(C(=O)NCc3ccccc3C)c2)cc1OC. The van der Waals surface area contributed by atoms with Crippen LogP contribution in [0.2, 0.25) is 0 Å². The highest BCUT2D eigenvalue weighted by atomic mass is 16.5. The van der Waals surface area contributed by atoms with Crippen molar-refractivity contribution >= 4 is 17.3 Å². The van der Waals surface area contributed by atoms with Gasteiger partial charge in [-0.15, -0.1) is 0 Å². The first kappa shape index (κ1) is 19.2. The number of pyridine rings is 1. The lowest BCUT2D eigenvalue weighted by Crippen LogP contribution is -2.23. The predicted molar refractivity (Wildman–Crippen MR) is 109 cm³/mol. The quantitative estimate of drug-likeness (QED) is 0.649. The molecule has 0 saturated heterocycles. The Hall–Kier alpha value is -3.54. The van der Waals surface area contributed by atoms with E-state index in [2.05, 4.69) is 15.6 Å². The van der Waals surface area contributed by atoms with Gasteiger partial charge >= 0.3 is 0 Å². The molecule has 0 fully saturated rings. The summed E-state index contributed by atoms with van der Waals surface area (Å²) in [4.78, 5) is 16.7. The number of aryl methyl sites for hydroxylation is 1. The molecule has 3 rings (SSSR count). The van der Waals surface area contributed by atoms with Crippen molar-refractivity contribution in [3.63, 3.8) is 0 Å². The summed E-state index contributed by atoms with van der Waals surface area (Å²) >= 11 is 0. The second kappa shape index (κ2) is 8.90. The van der Waals surface area contributed by atoms with Crippen molar-refractivity contribution in [1.82, 2.24) is 10.3 Å². The topological polar surface area (TPSA) is 72.5 Å². The lowest BCUT2D eigenvalue weighted by molar-refractivity contribution is 0.0950. The Morgan fingerprint density at radius 3 is 2.50 bits per heavy atom. The second-order valence-electron chi connectivity index (χ2n) is 6.27. The third-order valence-corrected chi connectivity index (χ3v) is 4.37. The van der Waals surface area contributed by atoms with Gasteiger partial charge in [0.15, 0.2) is 11.5 Å². The van der Waals surface area contributed by atoms with Gasteiger partial charge in [0.05, 0.1) is 31.7 Å². The molecule has 6 heteroatoms. The first-order valence-corrected chi connectivity index (χ1v) is 8.87. The zero-order valence-electron chi connectivity index (χ0n) is 16.2. The maximum Gasteiger partial charge on any atom is 0.253 e. The minimum atomic E-state index is -0.174. The zero-order valence-corrected chi connectivity index (χ0v) is 16.2. The van der Waals surface area contributed by atoms with Crippen LogP contribution in [0.25, 0.3) is 0 Å². The first-order chi connectivity index (χ1) is 13.6. The average molecular weight is 377 g/mol. The van der Waals surface area contributed by atoms with E-state index in [1.54, 1.807) is 32.7 Å². The van der Waals surface area contributed by atoms with Crippen molar-refractivity contribution in [1.29, 1.82) is 0 Å². The normalized spacial score (nSPS) is 10.2. The number of rotatable bonds is 7. The smallest absolute Gasteiger partial charge is 0.253 e. The van der Waals surface area contributed by atoms with Crippen molar-refractivity contribution in [3.8, 4) is 11.5 Å². The van der Waals surface area contributed by atoms with Crippen LogP contribution in [0.4, 0.5) is 11.4 Å². The molecule has 0 aliphatic carbocycles. The summed E-state index contributed by atoms with van der Waals surface area (Å²) in [5.74, 6) is 1.09. The molecular formula is C22H23N3O3. The third-order valence-electron chi connectivity index (χ3n) is 4.37. The largest absolute Gasteiger partial charge is 0.493 e. The lowest BCUT2D eigenvalue weighted by Gasteiger charge is -2.12. The molecule has 0 bridgehead atoms. The molecule has 3 aromatic rings. The van der Waals surface area contributed by atoms with Crippen LogP contribution in [0.3, 0.4) is 0 Å². The monoisotopic (exact) mass is 377 g/mol. The predicted octanol–water partition coefficient (Wildman–Crippen LogP) is 4.08. The van der Waals surface area contributed by atoms with Crippen LogP contribution in [-0.2, 0) is 6.54 Å². The van der Waals surface area contributed by atoms with Gasteiger partial charge in [0.25, 0.3) is 5.91 Å². The minimum Gasteiger partial charge on any atom is -0.493 e. The number of hydrogen-bond donors (Lipinski definition) is 2. The summed E-state index contributed by atoms with van der Waals surface area (Å²) in [6.45, 7) is 2.50. The number of benzene rings is 2. The Morgan fingerprint density at radius 1 is 0.964 bits per heavy atom. The van der Waals surface area contributed by atoms with Gasteiger partial charge in [0.2, 0.25) is 0 Å². The lowest BCUT2D eigenvalue weighted by atomic mass is 10.1. The van der Waals surface area contributed by atoms with Crippen LogP contribution >= 0.6 is 0 Å². The Morgan fingerprint density at radius 2 is 1.75 bits per heavy atom. The van der Waals surface area contributed by atoms with Crippen LogP contribution in [0.15, 0.2) is 60.9 Å². The number of nitrogens with one attached hydrogen (secondary N) is 2. The van der Waals surface area contributed by atoms with Crippen LogP contribution < -0.4 is 20.1 Å². The summed E-state index contributed by atoms with van der Waals surface area (Å²) in [5.41, 5.74) is 4.22. The van der Waals surface area contributed by atoms with Crippen molar-refractivity contribution in [2.75, 3.05) is 19.5 Å². The number of aromatic nitrogens is 1. The van der Waals surface area contributed by atoms with Crippen molar-refractivity contribution < 1.29 is 14.3 Å². The highest BCUT2D eigenvalue weighted by molar-refractivity contribution is 5.94. The Kier molecular flexibility index (Phi) is 6.11. The summed E-state index contributed by atoms with van der Waals surface area (Å²) in [7, 11) is 3.18. The molecule has 1 aromatic heterocycles. The maximum atomic E-state index is 12.5. The summed E-state index contributed by atoms with van der Waals surface area (Å²) in [5, 5.41) is 6.17. The van der Waals surface area contributed by atoms with E-state index in [1.807, 2.05) is 49.4 Å². The molecule has 144 valence electrons. The highest BCUT2D eigenvalue weighted by Gasteiger charge is 2.09. The number of nitrogens with zero attached hydrogens (tertiary/aromatic N) is 1. The van der Waals surface area contributed by atoms with Crippen molar-refractivity contribution in [2.45, 2.75) is 13.5 Å². The second-order valence-corrected chi connectivity index (χ2v) is 6.27.